The molecule has 3 heterocycles. The molecule has 4 rings (SSSR count). The van der Waals surface area contributed by atoms with Gasteiger partial charge in [-0.15, -0.1) is 11.8 Å². The lowest BCUT2D eigenvalue weighted by Gasteiger charge is -2.15. The number of ketones is 1. The lowest BCUT2D eigenvalue weighted by atomic mass is 10.1. The number of anilines is 2. The third-order valence-electron chi connectivity index (χ3n) is 7.70. The molecule has 0 bridgehead atoms. The number of aromatic amines is 1. The van der Waals surface area contributed by atoms with Crippen LogP contribution in [-0.2, 0) is 30.5 Å². The van der Waals surface area contributed by atoms with Gasteiger partial charge >= 0.3 is 5.97 Å². The van der Waals surface area contributed by atoms with Crippen molar-refractivity contribution in [3.63, 3.8) is 0 Å². The largest absolute Gasteiger partial charge is 0.480 e. The number of nitrogens with two attached hydrogens (primary N) is 1. The van der Waals surface area contributed by atoms with Crippen LogP contribution >= 0.6 is 11.8 Å². The average Bonchev–Trinajstić information content (AvgIpc) is 3.36. The van der Waals surface area contributed by atoms with Crippen LogP contribution in [0.25, 0.3) is 11.2 Å². The standard InChI is InChI=1S/C32H40N10O8S/c1-2-3-10-35-24(44)17-42-25(45)13-23(30(42)48)51-12-11-34-16-21(43)8-9-22(31(49)50)39-28(46)18-4-6-19(7-5-18)36-14-20-15-37-27-26(38-20)29(47)41-32(33)40-27/h4-7,15,22-23,34,36H,2-3,8-14,16-17H2,1H3,(H,35,44)(H,39,46)(H,49,50)(H3,33,37,40,41,47). The van der Waals surface area contributed by atoms with Crippen LogP contribution < -0.4 is 32.6 Å². The SMILES string of the molecule is CCCCNC(=O)CN1C(=O)CC(SCCNCC(=O)CCC(NC(=O)c2ccc(NCc3cnc4nc(N)[nH]c(=O)c4n3)cc2)C(=O)O)C1=O. The number of nitrogens with one attached hydrogen (secondary N) is 5. The predicted molar refractivity (Wildman–Crippen MR) is 188 cm³/mol. The van der Waals surface area contributed by atoms with Gasteiger partial charge in [0.2, 0.25) is 23.7 Å². The number of hydrogen-bond acceptors (Lipinski definition) is 14. The molecule has 2 atom stereocenters. The van der Waals surface area contributed by atoms with Gasteiger partial charge in [-0.2, -0.15) is 4.98 Å². The molecule has 2 aromatic heterocycles. The van der Waals surface area contributed by atoms with Gasteiger partial charge in [0.15, 0.2) is 11.2 Å². The number of imide groups is 1. The first-order valence-electron chi connectivity index (χ1n) is 16.3. The zero-order chi connectivity index (χ0) is 36.9. The number of amides is 4. The summed E-state index contributed by atoms with van der Waals surface area (Å²) in [7, 11) is 0. The first kappa shape index (κ1) is 38.4. The number of carbonyl (C=O) groups is 6. The number of Topliss-reactive ketones (excluding diaryl/α,β-unsaturated/α-hetero) is 1. The van der Waals surface area contributed by atoms with Crippen molar-refractivity contribution in [1.82, 2.24) is 40.8 Å². The number of nitrogen functional groups attached to an aromatic ring is 1. The van der Waals surface area contributed by atoms with Crippen molar-refractivity contribution in [2.75, 3.05) is 43.0 Å². The molecular weight excluding hydrogens is 684 g/mol. The van der Waals surface area contributed by atoms with Crippen molar-refractivity contribution < 1.29 is 33.9 Å². The van der Waals surface area contributed by atoms with Crippen molar-refractivity contribution in [2.24, 2.45) is 0 Å². The Balaban J connectivity index is 1.14. The number of carbonyl (C=O) groups excluding carboxylic acids is 5. The van der Waals surface area contributed by atoms with Crippen LogP contribution in [0.15, 0.2) is 35.3 Å². The van der Waals surface area contributed by atoms with Gasteiger partial charge in [0.1, 0.15) is 18.4 Å². The number of benzene rings is 1. The maximum absolute atomic E-state index is 12.8. The number of carboxylic acid groups (broad SMARTS) is 1. The predicted octanol–water partition coefficient (Wildman–Crippen LogP) is -0.194. The van der Waals surface area contributed by atoms with Gasteiger partial charge in [-0.3, -0.25) is 38.7 Å². The van der Waals surface area contributed by atoms with Gasteiger partial charge in [-0.05, 0) is 37.1 Å². The molecule has 8 N–H and O–H groups in total. The summed E-state index contributed by atoms with van der Waals surface area (Å²) in [5, 5.41) is 20.2. The summed E-state index contributed by atoms with van der Waals surface area (Å²) in [6.07, 6.45) is 2.96. The Morgan fingerprint density at radius 1 is 1.12 bits per heavy atom. The zero-order valence-corrected chi connectivity index (χ0v) is 28.7. The molecule has 2 unspecified atom stereocenters. The number of likely N-dealkylation sites (tertiary alicyclic amines) is 1. The van der Waals surface area contributed by atoms with E-state index in [2.05, 4.69) is 41.2 Å². The van der Waals surface area contributed by atoms with Crippen molar-refractivity contribution in [1.29, 1.82) is 0 Å². The van der Waals surface area contributed by atoms with Crippen LogP contribution in [0.1, 0.15) is 55.1 Å². The van der Waals surface area contributed by atoms with Gasteiger partial charge in [-0.25, -0.2) is 14.8 Å². The summed E-state index contributed by atoms with van der Waals surface area (Å²) in [6.45, 7) is 2.71. The topological polar surface area (TPSA) is 272 Å². The summed E-state index contributed by atoms with van der Waals surface area (Å²) in [5.74, 6) is -2.97. The molecular formula is C32H40N10O8S. The molecule has 0 aliphatic carbocycles. The molecule has 0 spiro atoms. The second kappa shape index (κ2) is 18.5. The lowest BCUT2D eigenvalue weighted by Crippen LogP contribution is -2.41. The molecule has 1 aliphatic heterocycles. The van der Waals surface area contributed by atoms with E-state index in [1.807, 2.05) is 6.92 Å². The quantitative estimate of drug-likeness (QED) is 0.0588. The highest BCUT2D eigenvalue weighted by Crippen LogP contribution is 2.24. The third-order valence-corrected chi connectivity index (χ3v) is 8.91. The normalized spacial score (nSPS) is 14.8. The van der Waals surface area contributed by atoms with Gasteiger partial charge in [-0.1, -0.05) is 13.3 Å². The van der Waals surface area contributed by atoms with Crippen molar-refractivity contribution in [3.05, 3.63) is 52.1 Å². The van der Waals surface area contributed by atoms with Crippen LogP contribution in [0.2, 0.25) is 0 Å². The molecule has 1 saturated heterocycles. The van der Waals surface area contributed by atoms with E-state index in [0.717, 1.165) is 17.7 Å². The van der Waals surface area contributed by atoms with Crippen LogP contribution in [0.3, 0.4) is 0 Å². The molecule has 1 fully saturated rings. The number of aliphatic carboxylic acids is 1. The van der Waals surface area contributed by atoms with Crippen LogP contribution in [0, 0.1) is 0 Å². The fraction of sp³-hybridized carbons (Fsp3) is 0.438. The van der Waals surface area contributed by atoms with Crippen LogP contribution in [0.5, 0.6) is 0 Å². The molecule has 272 valence electrons. The van der Waals surface area contributed by atoms with E-state index in [4.69, 9.17) is 5.73 Å². The smallest absolute Gasteiger partial charge is 0.326 e. The molecule has 3 aromatic rings. The van der Waals surface area contributed by atoms with E-state index in [9.17, 15) is 38.7 Å². The van der Waals surface area contributed by atoms with Gasteiger partial charge < -0.3 is 32.1 Å². The second-order valence-electron chi connectivity index (χ2n) is 11.6. The minimum atomic E-state index is -1.29. The number of thioether (sulfide) groups is 1. The monoisotopic (exact) mass is 724 g/mol. The first-order valence-corrected chi connectivity index (χ1v) is 17.3. The highest BCUT2D eigenvalue weighted by atomic mass is 32.2. The number of rotatable bonds is 20. The molecule has 4 amide bonds. The Labute approximate surface area is 296 Å². The second-order valence-corrected chi connectivity index (χ2v) is 12.9. The molecule has 0 radical (unpaired) electrons. The maximum atomic E-state index is 12.8. The number of nitrogens with zero attached hydrogens (tertiary/aromatic N) is 4. The minimum absolute atomic E-state index is 0.00884. The number of H-pyrrole nitrogens is 1. The van der Waals surface area contributed by atoms with E-state index in [-0.39, 0.29) is 73.3 Å². The number of unbranched alkanes of at least 4 members (excludes halogenated alkanes) is 1. The van der Waals surface area contributed by atoms with Crippen molar-refractivity contribution in [3.8, 4) is 0 Å². The van der Waals surface area contributed by atoms with Crippen molar-refractivity contribution >= 4 is 69.9 Å². The average molecular weight is 725 g/mol. The van der Waals surface area contributed by atoms with Crippen LogP contribution in [-0.4, -0.2) is 109 Å². The van der Waals surface area contributed by atoms with Crippen LogP contribution in [0.4, 0.5) is 11.6 Å². The summed E-state index contributed by atoms with van der Waals surface area (Å²) in [6, 6.07) is 4.95. The highest BCUT2D eigenvalue weighted by Gasteiger charge is 2.39. The number of fused-ring (bicyclic) bond motifs is 1. The minimum Gasteiger partial charge on any atom is -0.480 e. The number of hydrogen-bond donors (Lipinski definition) is 7. The molecule has 1 aliphatic rings. The van der Waals surface area contributed by atoms with Gasteiger partial charge in [0.25, 0.3) is 11.5 Å². The Morgan fingerprint density at radius 3 is 2.61 bits per heavy atom. The first-order chi connectivity index (χ1) is 24.4. The van der Waals surface area contributed by atoms with Gasteiger partial charge in [0.05, 0.1) is 30.2 Å². The Bertz CT molecular complexity index is 1820. The molecule has 51 heavy (non-hydrogen) atoms. The number of aromatic nitrogens is 4. The highest BCUT2D eigenvalue weighted by molar-refractivity contribution is 8.00. The molecule has 1 aromatic carbocycles. The van der Waals surface area contributed by atoms with E-state index in [1.54, 1.807) is 12.1 Å². The fourth-order valence-corrected chi connectivity index (χ4v) is 6.01. The van der Waals surface area contributed by atoms with Crippen molar-refractivity contribution in [2.45, 2.75) is 56.9 Å². The van der Waals surface area contributed by atoms with E-state index < -0.39 is 40.5 Å². The summed E-state index contributed by atoms with van der Waals surface area (Å²) in [4.78, 5) is 102. The third kappa shape index (κ3) is 11.3. The molecule has 19 heteroatoms. The molecule has 18 nitrogen and oxygen atoms in total. The maximum Gasteiger partial charge on any atom is 0.326 e. The Morgan fingerprint density at radius 2 is 1.88 bits per heavy atom. The summed E-state index contributed by atoms with van der Waals surface area (Å²) in [5.41, 5.74) is 6.46. The number of carboxylic acids is 1. The van der Waals surface area contributed by atoms with E-state index >= 15 is 0 Å². The van der Waals surface area contributed by atoms with E-state index in [1.165, 1.54) is 30.1 Å². The Hall–Kier alpha value is -5.43. The summed E-state index contributed by atoms with van der Waals surface area (Å²) < 4.78 is 0. The lowest BCUT2D eigenvalue weighted by molar-refractivity contribution is -0.142. The fourth-order valence-electron chi connectivity index (χ4n) is 4.94. The van der Waals surface area contributed by atoms with E-state index in [0.29, 0.717) is 30.2 Å². The summed E-state index contributed by atoms with van der Waals surface area (Å²) >= 11 is 1.26. The zero-order valence-electron chi connectivity index (χ0n) is 27.9. The molecule has 0 saturated carbocycles. The van der Waals surface area contributed by atoms with Gasteiger partial charge in [0, 0.05) is 42.9 Å². The Kier molecular flexibility index (Phi) is 13.9.